The Hall–Kier alpha value is 1.63. The van der Waals surface area contributed by atoms with Crippen LogP contribution in [0.3, 0.4) is 0 Å². The molecule has 14 heteroatoms. The second-order valence-corrected chi connectivity index (χ2v) is 10.4. The van der Waals surface area contributed by atoms with Gasteiger partial charge in [-0.05, 0) is 26.0 Å². The van der Waals surface area contributed by atoms with Crippen molar-refractivity contribution in [2.24, 2.45) is 5.73 Å². The van der Waals surface area contributed by atoms with Crippen molar-refractivity contribution in [3.8, 4) is 0 Å². The smallest absolute Gasteiger partial charge is 0.276 e. The fourth-order valence-electron chi connectivity index (χ4n) is 1.76. The molecule has 1 aliphatic carbocycles. The Labute approximate surface area is 204 Å². The fourth-order valence-corrected chi connectivity index (χ4v) is 5.78. The van der Waals surface area contributed by atoms with E-state index in [2.05, 4.69) is 4.72 Å². The average Bonchev–Trinajstić information content (AvgIpc) is 2.59. The lowest BCUT2D eigenvalue weighted by atomic mass is 9.97. The van der Waals surface area contributed by atoms with Crippen LogP contribution in [0.2, 0.25) is 0 Å². The van der Waals surface area contributed by atoms with Crippen LogP contribution in [0, 0.1) is 0 Å². The zero-order chi connectivity index (χ0) is 20.4. The monoisotopic (exact) mass is 561 g/mol. The highest BCUT2D eigenvalue weighted by Gasteiger charge is 2.46. The number of nitrogens with one attached hydrogen (secondary N) is 1. The lowest BCUT2D eigenvalue weighted by Gasteiger charge is -2.37. The molecule has 0 aromatic carbocycles. The van der Waals surface area contributed by atoms with E-state index in [4.69, 9.17) is 75.3 Å². The van der Waals surface area contributed by atoms with Crippen molar-refractivity contribution in [1.29, 1.82) is 0 Å². The molecule has 0 bridgehead atoms. The normalized spacial score (nSPS) is 31.1. The zero-order valence-electron chi connectivity index (χ0n) is 14.4. The molecule has 1 fully saturated rings. The van der Waals surface area contributed by atoms with Crippen LogP contribution in [-0.4, -0.2) is 80.5 Å². The van der Waals surface area contributed by atoms with Crippen molar-refractivity contribution >= 4 is 117 Å². The van der Waals surface area contributed by atoms with Crippen LogP contribution in [-0.2, 0) is 4.79 Å². The maximum atomic E-state index is 10.5. The Morgan fingerprint density at radius 1 is 1.00 bits per heavy atom. The van der Waals surface area contributed by atoms with Crippen molar-refractivity contribution in [3.05, 3.63) is 0 Å². The quantitative estimate of drug-likeness (QED) is 0.210. The first-order valence-electron chi connectivity index (χ1n) is 7.28. The third kappa shape index (κ3) is 11.6. The molecular weight excluding hydrogens is 542 g/mol. The van der Waals surface area contributed by atoms with Gasteiger partial charge in [-0.2, -0.15) is 0 Å². The highest BCUT2D eigenvalue weighted by Crippen LogP contribution is 2.39. The minimum absolute atomic E-state index is 0. The predicted molar refractivity (Wildman–Crippen MR) is 126 cm³/mol. The number of amides is 2. The van der Waals surface area contributed by atoms with Crippen LogP contribution < -0.4 is 10.5 Å². The molecule has 0 aromatic heterocycles. The average molecular weight is 565 g/mol. The Bertz CT molecular complexity index is 384. The van der Waals surface area contributed by atoms with E-state index in [9.17, 15) is 9.59 Å². The molecule has 0 spiro atoms. The lowest BCUT2D eigenvalue weighted by molar-refractivity contribution is -0.107. The summed E-state index contributed by atoms with van der Waals surface area (Å²) in [5.74, 6) is 1.36. The van der Waals surface area contributed by atoms with Crippen LogP contribution >= 0.6 is 106 Å². The van der Waals surface area contributed by atoms with Gasteiger partial charge < -0.3 is 15.4 Å². The van der Waals surface area contributed by atoms with Crippen LogP contribution in [0.15, 0.2) is 0 Å². The first-order valence-corrected chi connectivity index (χ1v) is 11.9. The number of rotatable bonds is 7. The summed E-state index contributed by atoms with van der Waals surface area (Å²) in [7, 11) is 3.85. The van der Waals surface area contributed by atoms with E-state index in [1.807, 2.05) is 19.0 Å². The van der Waals surface area contributed by atoms with Crippen LogP contribution in [0.5, 0.6) is 0 Å². The minimum Gasteiger partial charge on any atom is -0.361 e. The summed E-state index contributed by atoms with van der Waals surface area (Å²) in [5.41, 5.74) is 5.02. The Morgan fingerprint density at radius 3 is 1.63 bits per heavy atom. The molecule has 0 saturated heterocycles. The van der Waals surface area contributed by atoms with Gasteiger partial charge in [0.1, 0.15) is 0 Å². The van der Waals surface area contributed by atoms with E-state index in [-0.39, 0.29) is 23.7 Å². The van der Waals surface area contributed by atoms with E-state index in [1.54, 1.807) is 0 Å². The molecule has 0 radical (unpaired) electrons. The van der Waals surface area contributed by atoms with Gasteiger partial charge in [-0.3, -0.25) is 9.59 Å². The van der Waals surface area contributed by atoms with E-state index < -0.39 is 32.3 Å². The molecule has 2 amide bonds. The highest BCUT2D eigenvalue weighted by atomic mass is 35.5. The van der Waals surface area contributed by atoms with Crippen molar-refractivity contribution in [2.45, 2.75) is 38.3 Å². The molecule has 162 valence electrons. The second-order valence-electron chi connectivity index (χ2n) is 5.46. The zero-order valence-corrected chi connectivity index (χ0v) is 21.4. The molecule has 5 nitrogen and oxygen atoms in total. The van der Waals surface area contributed by atoms with Crippen molar-refractivity contribution in [2.75, 3.05) is 25.6 Å². The van der Waals surface area contributed by atoms with Crippen molar-refractivity contribution in [3.63, 3.8) is 0 Å². The number of thioether (sulfide) groups is 1. The maximum absolute atomic E-state index is 10.5. The number of alkyl halides is 6. The fraction of sp³-hybridized carbons (Fsp3) is 0.846. The summed E-state index contributed by atoms with van der Waals surface area (Å²) in [5, 5.41) is -2.99. The largest absolute Gasteiger partial charge is 0.361 e. The van der Waals surface area contributed by atoms with Gasteiger partial charge in [0.25, 0.3) is 5.24 Å². The number of hydrogen-bond donors (Lipinski definition) is 2. The summed E-state index contributed by atoms with van der Waals surface area (Å²) in [6.07, 6.45) is 0.638. The van der Waals surface area contributed by atoms with Crippen LogP contribution in [0.1, 0.15) is 0 Å². The molecule has 1 rings (SSSR count). The topological polar surface area (TPSA) is 75.4 Å². The number of nitrogens with two attached hydrogens (primary N) is 1. The molecule has 1 unspecified atom stereocenters. The standard InChI is InChI=1S/C7H15N3O2S2.C6H6Cl6.ClH/c1-10(2)6(3-13-7(8)12)4-14-9-5-11;7-1-2(8)4(10)6(12)5(11)3(1)9;/h5-6H,3-4H2,1-2H3,(H2,8,12)(H,9,11);1-6H;1H. The summed E-state index contributed by atoms with van der Waals surface area (Å²) in [6, 6.07) is 0.213. The Morgan fingerprint density at radius 2 is 1.37 bits per heavy atom. The van der Waals surface area contributed by atoms with E-state index in [0.29, 0.717) is 12.2 Å². The van der Waals surface area contributed by atoms with Gasteiger partial charge in [0, 0.05) is 17.5 Å². The molecule has 3 N–H and O–H groups in total. The number of carbonyl (C=O) groups excluding carboxylic acids is 2. The summed E-state index contributed by atoms with van der Waals surface area (Å²) in [6.45, 7) is 0. The molecule has 1 saturated carbocycles. The molecule has 1 atom stereocenters. The molecule has 0 aromatic rings. The second kappa shape index (κ2) is 16.3. The number of carbonyl (C=O) groups is 2. The third-order valence-electron chi connectivity index (χ3n) is 3.38. The lowest BCUT2D eigenvalue weighted by Crippen LogP contribution is -2.52. The number of nitrogens with zero attached hydrogens (tertiary/aromatic N) is 1. The van der Waals surface area contributed by atoms with Crippen molar-refractivity contribution in [1.82, 2.24) is 9.62 Å². The van der Waals surface area contributed by atoms with E-state index in [0.717, 1.165) is 17.5 Å². The summed E-state index contributed by atoms with van der Waals surface area (Å²) >= 11 is 37.7. The van der Waals surface area contributed by atoms with Gasteiger partial charge in [0.15, 0.2) is 0 Å². The third-order valence-corrected chi connectivity index (χ3v) is 9.06. The summed E-state index contributed by atoms with van der Waals surface area (Å²) < 4.78 is 2.51. The van der Waals surface area contributed by atoms with E-state index in [1.165, 1.54) is 11.9 Å². The van der Waals surface area contributed by atoms with Gasteiger partial charge in [0.05, 0.1) is 32.3 Å². The first-order chi connectivity index (χ1) is 12.0. The first kappa shape index (κ1) is 30.8. The van der Waals surface area contributed by atoms with Gasteiger partial charge in [-0.15, -0.1) is 82.0 Å². The molecule has 0 aliphatic heterocycles. The molecular formula is C13H22Cl7N3O2S2. The highest BCUT2D eigenvalue weighted by molar-refractivity contribution is 8.13. The molecule has 27 heavy (non-hydrogen) atoms. The van der Waals surface area contributed by atoms with Crippen molar-refractivity contribution < 1.29 is 9.59 Å². The predicted octanol–water partition coefficient (Wildman–Crippen LogP) is 4.19. The van der Waals surface area contributed by atoms with E-state index >= 15 is 0 Å². The Balaban J connectivity index is 0. The van der Waals surface area contributed by atoms with Gasteiger partial charge in [-0.1, -0.05) is 11.8 Å². The minimum atomic E-state index is -0.437. The van der Waals surface area contributed by atoms with Crippen LogP contribution in [0.4, 0.5) is 4.79 Å². The number of hydrogen-bond acceptors (Lipinski definition) is 5. The summed E-state index contributed by atoms with van der Waals surface area (Å²) in [4.78, 5) is 22.5. The van der Waals surface area contributed by atoms with Gasteiger partial charge in [-0.25, -0.2) is 0 Å². The maximum Gasteiger partial charge on any atom is 0.276 e. The molecule has 0 heterocycles. The van der Waals surface area contributed by atoms with Gasteiger partial charge in [0.2, 0.25) is 6.41 Å². The van der Waals surface area contributed by atoms with Gasteiger partial charge >= 0.3 is 0 Å². The van der Waals surface area contributed by atoms with Crippen LogP contribution in [0.25, 0.3) is 0 Å². The Kier molecular flexibility index (Phi) is 18.7. The molecule has 1 aliphatic rings. The SMILES string of the molecule is CN(C)C(CSNC=O)CSC(N)=O.Cl.ClC1C(Cl)C(Cl)C(Cl)C(Cl)C1Cl. The number of halogens is 7. The number of primary amides is 1.